The number of carbonyl (C=O) groups is 2. The van der Waals surface area contributed by atoms with Crippen LogP contribution in [0.15, 0.2) is 53.4 Å². The lowest BCUT2D eigenvalue weighted by Gasteiger charge is -2.17. The molecule has 1 heterocycles. The van der Waals surface area contributed by atoms with Crippen molar-refractivity contribution in [3.8, 4) is 0 Å². The van der Waals surface area contributed by atoms with Crippen LogP contribution in [-0.2, 0) is 16.1 Å². The highest BCUT2D eigenvalue weighted by Crippen LogP contribution is 2.27. The van der Waals surface area contributed by atoms with Crippen LogP contribution in [0.3, 0.4) is 0 Å². The molecule has 0 bridgehead atoms. The van der Waals surface area contributed by atoms with Gasteiger partial charge < -0.3 is 10.2 Å². The molecule has 1 aliphatic rings. The fraction of sp³-hybridized carbons (Fsp3) is 0.263. The van der Waals surface area contributed by atoms with Crippen LogP contribution >= 0.6 is 23.4 Å². The third kappa shape index (κ3) is 4.35. The number of hydrogen-bond acceptors (Lipinski definition) is 3. The summed E-state index contributed by atoms with van der Waals surface area (Å²) in [6.45, 7) is 0.825. The highest BCUT2D eigenvalue weighted by molar-refractivity contribution is 7.98. The first-order chi connectivity index (χ1) is 12.1. The van der Waals surface area contributed by atoms with Crippen LogP contribution in [0, 0.1) is 5.92 Å². The monoisotopic (exact) mass is 374 g/mol. The van der Waals surface area contributed by atoms with Gasteiger partial charge in [-0.2, -0.15) is 0 Å². The van der Waals surface area contributed by atoms with Crippen molar-refractivity contribution >= 4 is 40.9 Å². The number of anilines is 1. The molecule has 1 unspecified atom stereocenters. The van der Waals surface area contributed by atoms with Crippen LogP contribution in [0.5, 0.6) is 0 Å². The van der Waals surface area contributed by atoms with Gasteiger partial charge in [-0.3, -0.25) is 9.59 Å². The second-order valence-corrected chi connectivity index (χ2v) is 7.27. The normalized spacial score (nSPS) is 17.0. The number of halogens is 1. The van der Waals surface area contributed by atoms with Crippen LogP contribution in [0.1, 0.15) is 12.0 Å². The van der Waals surface area contributed by atoms with Crippen molar-refractivity contribution in [3.63, 3.8) is 0 Å². The van der Waals surface area contributed by atoms with Gasteiger partial charge in [0.05, 0.1) is 5.92 Å². The molecule has 3 rings (SSSR count). The molecule has 130 valence electrons. The summed E-state index contributed by atoms with van der Waals surface area (Å²) in [4.78, 5) is 27.5. The van der Waals surface area contributed by atoms with E-state index in [4.69, 9.17) is 11.6 Å². The van der Waals surface area contributed by atoms with Gasteiger partial charge in [-0.05, 0) is 48.2 Å². The number of nitrogens with zero attached hydrogens (tertiary/aromatic N) is 1. The molecule has 2 amide bonds. The minimum absolute atomic E-state index is 0.0141. The van der Waals surface area contributed by atoms with Crippen molar-refractivity contribution in [2.45, 2.75) is 17.9 Å². The molecular formula is C19H19ClN2O2S. The van der Waals surface area contributed by atoms with Gasteiger partial charge >= 0.3 is 0 Å². The maximum Gasteiger partial charge on any atom is 0.227 e. The summed E-state index contributed by atoms with van der Waals surface area (Å²) in [7, 11) is 0. The maximum absolute atomic E-state index is 12.4. The zero-order chi connectivity index (χ0) is 17.8. The van der Waals surface area contributed by atoms with Crippen molar-refractivity contribution in [2.24, 2.45) is 5.92 Å². The van der Waals surface area contributed by atoms with Crippen molar-refractivity contribution < 1.29 is 9.59 Å². The summed E-state index contributed by atoms with van der Waals surface area (Å²) in [5.74, 6) is -0.441. The summed E-state index contributed by atoms with van der Waals surface area (Å²) < 4.78 is 0. The Morgan fingerprint density at radius 3 is 2.72 bits per heavy atom. The van der Waals surface area contributed by atoms with Gasteiger partial charge in [0, 0.05) is 35.1 Å². The van der Waals surface area contributed by atoms with Crippen LogP contribution < -0.4 is 10.2 Å². The third-order valence-electron chi connectivity index (χ3n) is 4.24. The SMILES string of the molecule is CSc1ccc(N2CC(C(=O)NCc3cccc(Cl)c3)CC2=O)cc1. The van der Waals surface area contributed by atoms with Crippen molar-refractivity contribution in [1.29, 1.82) is 0 Å². The Labute approximate surface area is 156 Å². The summed E-state index contributed by atoms with van der Waals surface area (Å²) in [6, 6.07) is 15.2. The van der Waals surface area contributed by atoms with E-state index in [1.165, 1.54) is 0 Å². The third-order valence-corrected chi connectivity index (χ3v) is 5.21. The molecule has 1 atom stereocenters. The van der Waals surface area contributed by atoms with Gasteiger partial charge in [0.15, 0.2) is 0 Å². The molecule has 0 radical (unpaired) electrons. The Morgan fingerprint density at radius 2 is 2.04 bits per heavy atom. The lowest BCUT2D eigenvalue weighted by molar-refractivity contribution is -0.126. The number of nitrogens with one attached hydrogen (secondary N) is 1. The maximum atomic E-state index is 12.4. The number of hydrogen-bond donors (Lipinski definition) is 1. The molecule has 25 heavy (non-hydrogen) atoms. The van der Waals surface area contributed by atoms with E-state index in [1.807, 2.05) is 48.7 Å². The van der Waals surface area contributed by atoms with Gasteiger partial charge in [0.2, 0.25) is 11.8 Å². The zero-order valence-corrected chi connectivity index (χ0v) is 15.4. The molecular weight excluding hydrogens is 356 g/mol. The molecule has 2 aromatic carbocycles. The van der Waals surface area contributed by atoms with Crippen molar-refractivity contribution in [1.82, 2.24) is 5.32 Å². The zero-order valence-electron chi connectivity index (χ0n) is 13.9. The Morgan fingerprint density at radius 1 is 1.28 bits per heavy atom. The van der Waals surface area contributed by atoms with Gasteiger partial charge in [-0.1, -0.05) is 23.7 Å². The fourth-order valence-electron chi connectivity index (χ4n) is 2.88. The van der Waals surface area contributed by atoms with Crippen LogP contribution in [-0.4, -0.2) is 24.6 Å². The first-order valence-electron chi connectivity index (χ1n) is 8.03. The summed E-state index contributed by atoms with van der Waals surface area (Å²) in [5, 5.41) is 3.54. The molecule has 4 nitrogen and oxygen atoms in total. The van der Waals surface area contributed by atoms with E-state index in [0.717, 1.165) is 16.1 Å². The number of benzene rings is 2. The molecule has 0 saturated carbocycles. The molecule has 2 aromatic rings. The predicted molar refractivity (Wildman–Crippen MR) is 102 cm³/mol. The van der Waals surface area contributed by atoms with E-state index in [9.17, 15) is 9.59 Å². The predicted octanol–water partition coefficient (Wildman–Crippen LogP) is 3.73. The summed E-state index contributed by atoms with van der Waals surface area (Å²) in [5.41, 5.74) is 1.78. The summed E-state index contributed by atoms with van der Waals surface area (Å²) in [6.07, 6.45) is 2.25. The molecule has 1 aliphatic heterocycles. The molecule has 1 saturated heterocycles. The highest BCUT2D eigenvalue weighted by atomic mass is 35.5. The van der Waals surface area contributed by atoms with E-state index in [0.29, 0.717) is 18.1 Å². The lowest BCUT2D eigenvalue weighted by atomic mass is 10.1. The minimum Gasteiger partial charge on any atom is -0.352 e. The quantitative estimate of drug-likeness (QED) is 0.811. The average Bonchev–Trinajstić information content (AvgIpc) is 3.02. The number of rotatable bonds is 5. The largest absolute Gasteiger partial charge is 0.352 e. The van der Waals surface area contributed by atoms with E-state index in [2.05, 4.69) is 5.32 Å². The van der Waals surface area contributed by atoms with E-state index in [1.54, 1.807) is 22.7 Å². The molecule has 0 aromatic heterocycles. The van der Waals surface area contributed by atoms with Crippen LogP contribution in [0.4, 0.5) is 5.69 Å². The lowest BCUT2D eigenvalue weighted by Crippen LogP contribution is -2.32. The van der Waals surface area contributed by atoms with Crippen LogP contribution in [0.25, 0.3) is 0 Å². The highest BCUT2D eigenvalue weighted by Gasteiger charge is 2.34. The fourth-order valence-corrected chi connectivity index (χ4v) is 3.50. The Kier molecular flexibility index (Phi) is 5.66. The van der Waals surface area contributed by atoms with E-state index >= 15 is 0 Å². The molecule has 0 spiro atoms. The minimum atomic E-state index is -0.327. The number of carbonyl (C=O) groups excluding carboxylic acids is 2. The Bertz CT molecular complexity index is 779. The van der Waals surface area contributed by atoms with Gasteiger partial charge in [-0.25, -0.2) is 0 Å². The van der Waals surface area contributed by atoms with Gasteiger partial charge in [0.25, 0.3) is 0 Å². The smallest absolute Gasteiger partial charge is 0.227 e. The second kappa shape index (κ2) is 7.93. The first-order valence-corrected chi connectivity index (χ1v) is 9.63. The Hall–Kier alpha value is -1.98. The van der Waals surface area contributed by atoms with E-state index in [-0.39, 0.29) is 24.2 Å². The summed E-state index contributed by atoms with van der Waals surface area (Å²) >= 11 is 7.60. The number of thioether (sulfide) groups is 1. The molecule has 1 fully saturated rings. The topological polar surface area (TPSA) is 49.4 Å². The van der Waals surface area contributed by atoms with Gasteiger partial charge in [0.1, 0.15) is 0 Å². The second-order valence-electron chi connectivity index (χ2n) is 5.95. The molecule has 1 N–H and O–H groups in total. The Balaban J connectivity index is 1.60. The van der Waals surface area contributed by atoms with Gasteiger partial charge in [-0.15, -0.1) is 11.8 Å². The average molecular weight is 375 g/mol. The van der Waals surface area contributed by atoms with Crippen molar-refractivity contribution in [3.05, 3.63) is 59.1 Å². The van der Waals surface area contributed by atoms with Crippen molar-refractivity contribution in [2.75, 3.05) is 17.7 Å². The van der Waals surface area contributed by atoms with Crippen LogP contribution in [0.2, 0.25) is 5.02 Å². The first kappa shape index (κ1) is 17.8. The standard InChI is InChI=1S/C19H19ClN2O2S/c1-25-17-7-5-16(6-8-17)22-12-14(10-18(22)23)19(24)21-11-13-3-2-4-15(20)9-13/h2-9,14H,10-12H2,1H3,(H,21,24). The van der Waals surface area contributed by atoms with E-state index < -0.39 is 0 Å². The molecule has 0 aliphatic carbocycles. The number of amides is 2. The molecule has 6 heteroatoms.